The predicted octanol–water partition coefficient (Wildman–Crippen LogP) is 3.10. The van der Waals surface area contributed by atoms with Crippen molar-refractivity contribution in [1.29, 1.82) is 0 Å². The number of hydrogen-bond donors (Lipinski definition) is 1. The second kappa shape index (κ2) is 6.64. The molecule has 0 atom stereocenters. The summed E-state index contributed by atoms with van der Waals surface area (Å²) < 4.78 is 11.1. The van der Waals surface area contributed by atoms with Crippen LogP contribution in [0, 0.1) is 0 Å². The highest BCUT2D eigenvalue weighted by Crippen LogP contribution is 2.20. The quantitative estimate of drug-likeness (QED) is 0.864. The van der Waals surface area contributed by atoms with Crippen LogP contribution in [0.3, 0.4) is 0 Å². The van der Waals surface area contributed by atoms with E-state index in [1.54, 1.807) is 0 Å². The molecule has 2 aromatic rings. The van der Waals surface area contributed by atoms with E-state index in [0.717, 1.165) is 23.0 Å². The van der Waals surface area contributed by atoms with Crippen molar-refractivity contribution in [2.45, 2.75) is 13.5 Å². The lowest BCUT2D eigenvalue weighted by molar-refractivity contribution is 0.295. The van der Waals surface area contributed by atoms with Gasteiger partial charge in [0.05, 0.1) is 12.3 Å². The molecule has 4 heteroatoms. The highest BCUT2D eigenvalue weighted by Gasteiger charge is 2.00. The first kappa shape index (κ1) is 13.2. The molecule has 0 saturated heterocycles. The van der Waals surface area contributed by atoms with E-state index in [4.69, 9.17) is 9.47 Å². The summed E-state index contributed by atoms with van der Waals surface area (Å²) >= 11 is 0. The number of ether oxygens (including phenoxy) is 2. The molecule has 0 aliphatic rings. The van der Waals surface area contributed by atoms with Crippen LogP contribution >= 0.6 is 0 Å². The van der Waals surface area contributed by atoms with Crippen molar-refractivity contribution < 1.29 is 9.47 Å². The van der Waals surface area contributed by atoms with Crippen LogP contribution < -0.4 is 14.8 Å². The van der Waals surface area contributed by atoms with Crippen LogP contribution in [-0.2, 0) is 6.61 Å². The third-order valence-electron chi connectivity index (χ3n) is 2.57. The number of pyridine rings is 1. The van der Waals surface area contributed by atoms with Crippen molar-refractivity contribution in [1.82, 2.24) is 4.98 Å². The van der Waals surface area contributed by atoms with E-state index in [-0.39, 0.29) is 0 Å². The second-order valence-corrected chi connectivity index (χ2v) is 3.96. The highest BCUT2D eigenvalue weighted by molar-refractivity contribution is 5.35. The van der Waals surface area contributed by atoms with Gasteiger partial charge < -0.3 is 14.8 Å². The van der Waals surface area contributed by atoms with Gasteiger partial charge in [0, 0.05) is 13.1 Å². The van der Waals surface area contributed by atoms with Crippen LogP contribution in [0.5, 0.6) is 11.5 Å². The molecule has 4 nitrogen and oxygen atoms in total. The molecule has 0 aliphatic heterocycles. The monoisotopic (exact) mass is 258 g/mol. The fourth-order valence-electron chi connectivity index (χ4n) is 1.68. The number of anilines is 1. The molecular formula is C15H18N2O2. The van der Waals surface area contributed by atoms with Crippen molar-refractivity contribution in [2.75, 3.05) is 19.0 Å². The molecule has 0 amide bonds. The van der Waals surface area contributed by atoms with Gasteiger partial charge in [-0.25, -0.2) is 4.98 Å². The number of benzene rings is 1. The standard InChI is InChI=1S/C15H18N2O2/c1-3-18-13-7-5-8-14(10-13)19-11-12-6-4-9-15(16-2)17-12/h4-10H,3,11H2,1-2H3,(H,16,17). The fourth-order valence-corrected chi connectivity index (χ4v) is 1.68. The molecule has 0 spiro atoms. The molecule has 1 aromatic heterocycles. The van der Waals surface area contributed by atoms with Gasteiger partial charge in [-0.15, -0.1) is 0 Å². The highest BCUT2D eigenvalue weighted by atomic mass is 16.5. The largest absolute Gasteiger partial charge is 0.494 e. The normalized spacial score (nSPS) is 10.0. The Morgan fingerprint density at radius 3 is 2.53 bits per heavy atom. The molecule has 1 N–H and O–H groups in total. The summed E-state index contributed by atoms with van der Waals surface area (Å²) in [4.78, 5) is 4.40. The summed E-state index contributed by atoms with van der Waals surface area (Å²) in [5.41, 5.74) is 0.883. The minimum absolute atomic E-state index is 0.436. The SMILES string of the molecule is CCOc1cccc(OCc2cccc(NC)n2)c1. The third kappa shape index (κ3) is 3.88. The fraction of sp³-hybridized carbons (Fsp3) is 0.267. The Kier molecular flexibility index (Phi) is 4.61. The number of nitrogens with zero attached hydrogens (tertiary/aromatic N) is 1. The topological polar surface area (TPSA) is 43.4 Å². The van der Waals surface area contributed by atoms with Gasteiger partial charge in [-0.2, -0.15) is 0 Å². The van der Waals surface area contributed by atoms with E-state index in [9.17, 15) is 0 Å². The van der Waals surface area contributed by atoms with E-state index in [1.807, 2.05) is 56.4 Å². The molecule has 0 aliphatic carbocycles. The maximum atomic E-state index is 5.71. The van der Waals surface area contributed by atoms with E-state index in [1.165, 1.54) is 0 Å². The van der Waals surface area contributed by atoms with Crippen LogP contribution in [0.4, 0.5) is 5.82 Å². The van der Waals surface area contributed by atoms with Gasteiger partial charge in [0.1, 0.15) is 23.9 Å². The predicted molar refractivity (Wildman–Crippen MR) is 75.7 cm³/mol. The number of hydrogen-bond acceptors (Lipinski definition) is 4. The molecule has 0 unspecified atom stereocenters. The number of aromatic nitrogens is 1. The van der Waals surface area contributed by atoms with Crippen LogP contribution in [0.2, 0.25) is 0 Å². The summed E-state index contributed by atoms with van der Waals surface area (Å²) in [6, 6.07) is 13.4. The zero-order valence-electron chi connectivity index (χ0n) is 11.2. The first-order chi connectivity index (χ1) is 9.31. The van der Waals surface area contributed by atoms with Crippen molar-refractivity contribution in [3.8, 4) is 11.5 Å². The molecule has 100 valence electrons. The zero-order valence-corrected chi connectivity index (χ0v) is 11.2. The zero-order chi connectivity index (χ0) is 13.5. The lowest BCUT2D eigenvalue weighted by atomic mass is 10.3. The average molecular weight is 258 g/mol. The van der Waals surface area contributed by atoms with E-state index in [0.29, 0.717) is 13.2 Å². The smallest absolute Gasteiger partial charge is 0.130 e. The summed E-state index contributed by atoms with van der Waals surface area (Å²) in [5, 5.41) is 3.00. The molecule has 1 aromatic carbocycles. The van der Waals surface area contributed by atoms with E-state index < -0.39 is 0 Å². The molecular weight excluding hydrogens is 240 g/mol. The molecule has 0 fully saturated rings. The van der Waals surface area contributed by atoms with Crippen LogP contribution in [-0.4, -0.2) is 18.6 Å². The number of rotatable bonds is 6. The summed E-state index contributed by atoms with van der Waals surface area (Å²) in [6.07, 6.45) is 0. The first-order valence-corrected chi connectivity index (χ1v) is 6.31. The molecule has 0 radical (unpaired) electrons. The van der Waals surface area contributed by atoms with Gasteiger partial charge >= 0.3 is 0 Å². The van der Waals surface area contributed by atoms with Gasteiger partial charge in [0.25, 0.3) is 0 Å². The molecule has 1 heterocycles. The molecule has 0 saturated carbocycles. The maximum Gasteiger partial charge on any atom is 0.130 e. The van der Waals surface area contributed by atoms with Gasteiger partial charge in [-0.3, -0.25) is 0 Å². The van der Waals surface area contributed by atoms with Crippen LogP contribution in [0.25, 0.3) is 0 Å². The molecule has 2 rings (SSSR count). The Hall–Kier alpha value is -2.23. The Balaban J connectivity index is 1.99. The van der Waals surface area contributed by atoms with Gasteiger partial charge in [0.15, 0.2) is 0 Å². The number of nitrogens with one attached hydrogen (secondary N) is 1. The average Bonchev–Trinajstić information content (AvgIpc) is 2.46. The Morgan fingerprint density at radius 2 is 1.79 bits per heavy atom. The summed E-state index contributed by atoms with van der Waals surface area (Å²) in [7, 11) is 1.85. The van der Waals surface area contributed by atoms with E-state index >= 15 is 0 Å². The Morgan fingerprint density at radius 1 is 1.05 bits per heavy atom. The molecule has 19 heavy (non-hydrogen) atoms. The van der Waals surface area contributed by atoms with Gasteiger partial charge in [-0.05, 0) is 31.2 Å². The Labute approximate surface area is 113 Å². The van der Waals surface area contributed by atoms with Crippen LogP contribution in [0.15, 0.2) is 42.5 Å². The minimum atomic E-state index is 0.436. The van der Waals surface area contributed by atoms with Gasteiger partial charge in [-0.1, -0.05) is 12.1 Å². The third-order valence-corrected chi connectivity index (χ3v) is 2.57. The Bertz CT molecular complexity index is 529. The first-order valence-electron chi connectivity index (χ1n) is 6.31. The van der Waals surface area contributed by atoms with E-state index in [2.05, 4.69) is 10.3 Å². The van der Waals surface area contributed by atoms with Crippen molar-refractivity contribution in [3.63, 3.8) is 0 Å². The van der Waals surface area contributed by atoms with Crippen LogP contribution in [0.1, 0.15) is 12.6 Å². The molecule has 0 bridgehead atoms. The lowest BCUT2D eigenvalue weighted by Crippen LogP contribution is -2.01. The second-order valence-electron chi connectivity index (χ2n) is 3.96. The lowest BCUT2D eigenvalue weighted by Gasteiger charge is -2.09. The summed E-state index contributed by atoms with van der Waals surface area (Å²) in [6.45, 7) is 3.04. The minimum Gasteiger partial charge on any atom is -0.494 e. The van der Waals surface area contributed by atoms with Crippen molar-refractivity contribution >= 4 is 5.82 Å². The maximum absolute atomic E-state index is 5.71. The van der Waals surface area contributed by atoms with Crippen molar-refractivity contribution in [2.24, 2.45) is 0 Å². The van der Waals surface area contributed by atoms with Crippen molar-refractivity contribution in [3.05, 3.63) is 48.2 Å². The van der Waals surface area contributed by atoms with Gasteiger partial charge in [0.2, 0.25) is 0 Å². The summed E-state index contributed by atoms with van der Waals surface area (Å²) in [5.74, 6) is 2.43.